The third-order valence-corrected chi connectivity index (χ3v) is 6.53. The van der Waals surface area contributed by atoms with Crippen LogP contribution in [-0.4, -0.2) is 52.9 Å². The first-order valence-corrected chi connectivity index (χ1v) is 11.4. The van der Waals surface area contributed by atoms with Gasteiger partial charge in [-0.25, -0.2) is 4.39 Å². The van der Waals surface area contributed by atoms with E-state index in [-0.39, 0.29) is 17.2 Å². The van der Waals surface area contributed by atoms with Crippen LogP contribution in [0.3, 0.4) is 0 Å². The number of aromatic nitrogens is 2. The van der Waals surface area contributed by atoms with Crippen molar-refractivity contribution in [3.05, 3.63) is 75.1 Å². The summed E-state index contributed by atoms with van der Waals surface area (Å²) in [6.07, 6.45) is 0. The highest BCUT2D eigenvalue weighted by Gasteiger charge is 2.23. The van der Waals surface area contributed by atoms with Crippen LogP contribution in [0.15, 0.2) is 58.1 Å². The summed E-state index contributed by atoms with van der Waals surface area (Å²) >= 11 is 0. The predicted molar refractivity (Wildman–Crippen MR) is 132 cm³/mol. The van der Waals surface area contributed by atoms with E-state index in [0.717, 1.165) is 23.9 Å². The Morgan fingerprint density at radius 1 is 1.00 bits per heavy atom. The lowest BCUT2D eigenvalue weighted by Gasteiger charge is -2.28. The second kappa shape index (κ2) is 8.70. The van der Waals surface area contributed by atoms with Crippen molar-refractivity contribution in [2.45, 2.75) is 13.1 Å². The second-order valence-corrected chi connectivity index (χ2v) is 9.24. The summed E-state index contributed by atoms with van der Waals surface area (Å²) in [5.74, 6) is -0.266. The molecule has 1 saturated heterocycles. The third-order valence-electron chi connectivity index (χ3n) is 6.53. The normalized spacial score (nSPS) is 14.2. The minimum atomic E-state index is -0.631. The number of halogens is 1. The van der Waals surface area contributed by atoms with Crippen LogP contribution in [0.1, 0.15) is 0 Å². The largest absolute Gasteiger partial charge is 0.508 e. The van der Waals surface area contributed by atoms with Crippen LogP contribution >= 0.6 is 0 Å². The van der Waals surface area contributed by atoms with Crippen LogP contribution in [0.2, 0.25) is 0 Å². The molecule has 1 aliphatic rings. The molecule has 1 aromatic heterocycles. The number of phenolic OH excluding ortho intramolecular Hbond substituents is 1. The minimum absolute atomic E-state index is 0.0284. The quantitative estimate of drug-likeness (QED) is 0.431. The van der Waals surface area contributed by atoms with Gasteiger partial charge in [0, 0.05) is 50.3 Å². The second-order valence-electron chi connectivity index (χ2n) is 9.24. The van der Waals surface area contributed by atoms with Gasteiger partial charge in [-0.05, 0) is 48.6 Å². The van der Waals surface area contributed by atoms with Crippen LogP contribution in [0.25, 0.3) is 32.9 Å². The van der Waals surface area contributed by atoms with Gasteiger partial charge in [-0.1, -0.05) is 24.3 Å². The molecule has 0 amide bonds. The molecule has 0 radical (unpaired) electrons. The van der Waals surface area contributed by atoms with Gasteiger partial charge in [-0.3, -0.25) is 9.59 Å². The molecule has 1 aliphatic heterocycles. The van der Waals surface area contributed by atoms with Crippen LogP contribution in [0, 0.1) is 11.7 Å². The van der Waals surface area contributed by atoms with E-state index in [1.54, 1.807) is 12.1 Å². The Kier molecular flexibility index (Phi) is 5.71. The smallest absolute Gasteiger partial charge is 0.316 e. The number of likely N-dealkylation sites (N-methyl/N-ethyl adjacent to an activating group) is 1. The summed E-state index contributed by atoms with van der Waals surface area (Å²) in [7, 11) is 3.78. The van der Waals surface area contributed by atoms with Crippen molar-refractivity contribution in [3.63, 3.8) is 0 Å². The van der Waals surface area contributed by atoms with Gasteiger partial charge >= 0.3 is 11.1 Å². The molecule has 0 unspecified atom stereocenters. The number of nitrogens with zero attached hydrogens (tertiary/aromatic N) is 3. The molecule has 34 heavy (non-hydrogen) atoms. The van der Waals surface area contributed by atoms with E-state index in [9.17, 15) is 14.7 Å². The third kappa shape index (κ3) is 3.89. The maximum Gasteiger partial charge on any atom is 0.316 e. The molecule has 0 atom stereocenters. The molecule has 3 aromatic carbocycles. The zero-order valence-corrected chi connectivity index (χ0v) is 19.2. The Morgan fingerprint density at radius 2 is 1.71 bits per heavy atom. The molecule has 0 aliphatic carbocycles. The highest BCUT2D eigenvalue weighted by molar-refractivity contribution is 5.99. The van der Waals surface area contributed by atoms with E-state index in [2.05, 4.69) is 5.32 Å². The predicted octanol–water partition coefficient (Wildman–Crippen LogP) is 2.61. The average molecular weight is 463 g/mol. The van der Waals surface area contributed by atoms with E-state index in [1.807, 2.05) is 43.3 Å². The molecule has 0 spiro atoms. The van der Waals surface area contributed by atoms with Gasteiger partial charge in [0.2, 0.25) is 0 Å². The molecule has 1 fully saturated rings. The number of benzene rings is 3. The number of fused-ring (bicyclic) bond motifs is 2. The van der Waals surface area contributed by atoms with E-state index in [0.29, 0.717) is 36.2 Å². The molecule has 7 nitrogen and oxygen atoms in total. The van der Waals surface area contributed by atoms with Crippen molar-refractivity contribution in [1.29, 1.82) is 0 Å². The topological polar surface area (TPSA) is 79.5 Å². The molecule has 8 heteroatoms. The van der Waals surface area contributed by atoms with Crippen molar-refractivity contribution >= 4 is 21.8 Å². The molecule has 2 N–H and O–H groups in total. The van der Waals surface area contributed by atoms with Gasteiger partial charge in [-0.15, -0.1) is 0 Å². The van der Waals surface area contributed by atoms with Gasteiger partial charge in [0.1, 0.15) is 11.6 Å². The number of hydrogen-bond donors (Lipinski definition) is 2. The first-order chi connectivity index (χ1) is 16.3. The molecule has 4 aromatic rings. The zero-order chi connectivity index (χ0) is 24.0. The Bertz CT molecular complexity index is 1520. The Balaban J connectivity index is 1.80. The van der Waals surface area contributed by atoms with Gasteiger partial charge < -0.3 is 24.5 Å². The van der Waals surface area contributed by atoms with Crippen molar-refractivity contribution in [3.8, 4) is 16.9 Å². The fourth-order valence-corrected chi connectivity index (χ4v) is 4.60. The Labute approximate surface area is 195 Å². The highest BCUT2D eigenvalue weighted by atomic mass is 19.1. The molecular formula is C26H27FN4O3. The van der Waals surface area contributed by atoms with E-state index in [4.69, 9.17) is 0 Å². The van der Waals surface area contributed by atoms with Crippen molar-refractivity contribution in [2.75, 3.05) is 33.7 Å². The van der Waals surface area contributed by atoms with Crippen LogP contribution in [-0.2, 0) is 13.1 Å². The molecule has 0 bridgehead atoms. The summed E-state index contributed by atoms with van der Waals surface area (Å²) in [6, 6.07) is 13.6. The van der Waals surface area contributed by atoms with Crippen LogP contribution < -0.4 is 16.4 Å². The average Bonchev–Trinajstić information content (AvgIpc) is 2.77. The number of hydrogen-bond acceptors (Lipinski definition) is 5. The summed E-state index contributed by atoms with van der Waals surface area (Å²) in [5, 5.41) is 15.0. The molecular weight excluding hydrogens is 435 g/mol. The van der Waals surface area contributed by atoms with Crippen LogP contribution in [0.5, 0.6) is 5.75 Å². The fourth-order valence-electron chi connectivity index (χ4n) is 4.60. The first kappa shape index (κ1) is 22.3. The van der Waals surface area contributed by atoms with Gasteiger partial charge in [-0.2, -0.15) is 0 Å². The standard InChI is InChI=1S/C26H27FN4O3/c1-29(2)7-8-30-23-11-21(20-10-18(32)9-17-5-3-4-6-19(17)20)22(27)12-24(23)31(26(34)25(30)33)15-16-13-28-14-16/h3-6,9-12,16,28,32H,7-8,13-15H2,1-2H3. The maximum absolute atomic E-state index is 15.7. The molecule has 2 heterocycles. The zero-order valence-electron chi connectivity index (χ0n) is 19.2. The lowest BCUT2D eigenvalue weighted by atomic mass is 9.96. The highest BCUT2D eigenvalue weighted by Crippen LogP contribution is 2.35. The Hall–Kier alpha value is -3.49. The minimum Gasteiger partial charge on any atom is -0.508 e. The van der Waals surface area contributed by atoms with Gasteiger partial charge in [0.05, 0.1) is 11.0 Å². The lowest BCUT2D eigenvalue weighted by Crippen LogP contribution is -2.49. The van der Waals surface area contributed by atoms with Crippen LogP contribution in [0.4, 0.5) is 4.39 Å². The molecule has 0 saturated carbocycles. The summed E-state index contributed by atoms with van der Waals surface area (Å²) < 4.78 is 18.5. The SMILES string of the molecule is CN(C)CCn1c(=O)c(=O)n(CC2CNC2)c2cc(F)c(-c3cc(O)cc4ccccc34)cc21. The summed E-state index contributed by atoms with van der Waals surface area (Å²) in [5.41, 5.74) is 0.465. The van der Waals surface area contributed by atoms with Crippen molar-refractivity contribution in [2.24, 2.45) is 5.92 Å². The fraction of sp³-hybridized carbons (Fsp3) is 0.308. The van der Waals surface area contributed by atoms with Gasteiger partial charge in [0.25, 0.3) is 0 Å². The van der Waals surface area contributed by atoms with E-state index in [1.165, 1.54) is 21.3 Å². The van der Waals surface area contributed by atoms with E-state index < -0.39 is 16.9 Å². The first-order valence-electron chi connectivity index (χ1n) is 11.4. The summed E-state index contributed by atoms with van der Waals surface area (Å²) in [6.45, 7) is 2.73. The number of phenols is 1. The molecule has 176 valence electrons. The number of nitrogens with one attached hydrogen (secondary N) is 1. The maximum atomic E-state index is 15.7. The van der Waals surface area contributed by atoms with Gasteiger partial charge in [0.15, 0.2) is 0 Å². The lowest BCUT2D eigenvalue weighted by molar-refractivity contribution is 0.305. The number of aromatic hydroxyl groups is 1. The monoisotopic (exact) mass is 462 g/mol. The van der Waals surface area contributed by atoms with Crippen molar-refractivity contribution in [1.82, 2.24) is 19.4 Å². The molecule has 5 rings (SSSR count). The summed E-state index contributed by atoms with van der Waals surface area (Å²) in [4.78, 5) is 28.1. The Morgan fingerprint density at radius 3 is 2.41 bits per heavy atom. The number of rotatable bonds is 6. The van der Waals surface area contributed by atoms with Crippen molar-refractivity contribution < 1.29 is 9.50 Å². The van der Waals surface area contributed by atoms with E-state index >= 15 is 4.39 Å².